The number of nitrogens with zero attached hydrogens (tertiary/aromatic N) is 1. The van der Waals surface area contributed by atoms with Crippen molar-refractivity contribution in [2.45, 2.75) is 85.1 Å². The van der Waals surface area contributed by atoms with Gasteiger partial charge in [0, 0.05) is 0 Å². The molecule has 1 N–H and O–H groups in total. The first-order valence-corrected chi connectivity index (χ1v) is 11.9. The lowest BCUT2D eigenvalue weighted by Gasteiger charge is -2.39. The fourth-order valence-electron chi connectivity index (χ4n) is 3.89. The average molecular weight is 406 g/mol. The zero-order chi connectivity index (χ0) is 21.4. The lowest BCUT2D eigenvalue weighted by atomic mass is 10.1. The Labute approximate surface area is 179 Å². The molecule has 0 spiro atoms. The smallest absolute Gasteiger partial charge is 0.407 e. The van der Waals surface area contributed by atoms with Gasteiger partial charge in [0.15, 0.2) is 0 Å². The van der Waals surface area contributed by atoms with Crippen molar-refractivity contribution >= 4 is 6.09 Å². The van der Waals surface area contributed by atoms with E-state index in [1.54, 1.807) is 0 Å². The van der Waals surface area contributed by atoms with Crippen LogP contribution in [0.25, 0.3) is 0 Å². The first-order valence-electron chi connectivity index (χ1n) is 11.9. The van der Waals surface area contributed by atoms with Crippen LogP contribution < -0.4 is 5.32 Å². The molecule has 4 nitrogen and oxygen atoms in total. The van der Waals surface area contributed by atoms with Crippen LogP contribution in [0.5, 0.6) is 0 Å². The van der Waals surface area contributed by atoms with Crippen molar-refractivity contribution in [3.63, 3.8) is 0 Å². The molecule has 0 aromatic heterocycles. The highest BCUT2D eigenvalue weighted by atomic mass is 16.6. The molecule has 166 valence electrons. The lowest BCUT2D eigenvalue weighted by molar-refractivity contribution is -0.929. The van der Waals surface area contributed by atoms with E-state index in [9.17, 15) is 4.79 Å². The second-order valence-electron chi connectivity index (χ2n) is 8.36. The number of hydrogen-bond donors (Lipinski definition) is 1. The topological polar surface area (TPSA) is 38.3 Å². The molecule has 1 amide bonds. The quantitative estimate of drug-likeness (QED) is 0.382. The summed E-state index contributed by atoms with van der Waals surface area (Å²) in [5, 5.41) is 2.71. The highest BCUT2D eigenvalue weighted by Gasteiger charge is 2.25. The van der Waals surface area contributed by atoms with Crippen LogP contribution in [0.1, 0.15) is 90.7 Å². The van der Waals surface area contributed by atoms with E-state index in [1.165, 1.54) is 82.0 Å². The van der Waals surface area contributed by atoms with Crippen LogP contribution >= 0.6 is 0 Å². The molecule has 0 saturated carbocycles. The SMILES string of the molecule is CCCC[N+](CCCC)(CCCC)CCCC.O=C1N[C@H](c2ccccc2)CO1. The van der Waals surface area contributed by atoms with Crippen LogP contribution in [0.4, 0.5) is 4.79 Å². The number of carbonyl (C=O) groups is 1. The zero-order valence-corrected chi connectivity index (χ0v) is 19.4. The van der Waals surface area contributed by atoms with Crippen molar-refractivity contribution < 1.29 is 14.0 Å². The third-order valence-corrected chi connectivity index (χ3v) is 5.82. The molecule has 1 saturated heterocycles. The summed E-state index contributed by atoms with van der Waals surface area (Å²) in [5.74, 6) is 0. The van der Waals surface area contributed by atoms with Crippen LogP contribution in [-0.4, -0.2) is 43.4 Å². The molecule has 1 aromatic rings. The Morgan fingerprint density at radius 1 is 0.828 bits per heavy atom. The molecule has 1 aromatic carbocycles. The number of cyclic esters (lactones) is 1. The average Bonchev–Trinajstić information content (AvgIpc) is 3.20. The van der Waals surface area contributed by atoms with Crippen molar-refractivity contribution in [3.05, 3.63) is 35.9 Å². The normalized spacial score (nSPS) is 16.0. The van der Waals surface area contributed by atoms with E-state index in [1.807, 2.05) is 30.3 Å². The van der Waals surface area contributed by atoms with Gasteiger partial charge in [-0.2, -0.15) is 0 Å². The highest BCUT2D eigenvalue weighted by molar-refractivity contribution is 5.70. The third kappa shape index (κ3) is 10.2. The van der Waals surface area contributed by atoms with E-state index in [4.69, 9.17) is 4.74 Å². The Hall–Kier alpha value is -1.55. The maximum absolute atomic E-state index is 10.7. The van der Waals surface area contributed by atoms with E-state index < -0.39 is 0 Å². The van der Waals surface area contributed by atoms with E-state index in [0.717, 1.165) is 5.56 Å². The Morgan fingerprint density at radius 3 is 1.62 bits per heavy atom. The van der Waals surface area contributed by atoms with Gasteiger partial charge in [0.05, 0.1) is 32.2 Å². The number of quaternary nitrogens is 1. The molecule has 0 bridgehead atoms. The first kappa shape index (κ1) is 25.5. The number of rotatable bonds is 13. The summed E-state index contributed by atoms with van der Waals surface area (Å²) in [6, 6.07) is 9.80. The van der Waals surface area contributed by atoms with E-state index >= 15 is 0 Å². The van der Waals surface area contributed by atoms with Crippen molar-refractivity contribution in [3.8, 4) is 0 Å². The monoisotopic (exact) mass is 405 g/mol. The predicted octanol–water partition coefficient (Wildman–Crippen LogP) is 6.47. The predicted molar refractivity (Wildman–Crippen MR) is 123 cm³/mol. The minimum Gasteiger partial charge on any atom is -0.447 e. The lowest BCUT2D eigenvalue weighted by Crippen LogP contribution is -2.50. The van der Waals surface area contributed by atoms with Gasteiger partial charge in [-0.3, -0.25) is 0 Å². The van der Waals surface area contributed by atoms with Gasteiger partial charge >= 0.3 is 6.09 Å². The van der Waals surface area contributed by atoms with Crippen LogP contribution in [0.2, 0.25) is 0 Å². The van der Waals surface area contributed by atoms with Gasteiger partial charge in [-0.25, -0.2) is 4.79 Å². The van der Waals surface area contributed by atoms with Gasteiger partial charge in [0.2, 0.25) is 0 Å². The first-order chi connectivity index (χ1) is 14.1. The molecule has 2 rings (SSSR count). The fraction of sp³-hybridized carbons (Fsp3) is 0.720. The van der Waals surface area contributed by atoms with Crippen LogP contribution in [0, 0.1) is 0 Å². The number of ether oxygens (including phenoxy) is 1. The van der Waals surface area contributed by atoms with Gasteiger partial charge in [-0.15, -0.1) is 0 Å². The number of alkyl carbamates (subject to hydrolysis) is 1. The van der Waals surface area contributed by atoms with Gasteiger partial charge in [-0.1, -0.05) is 83.7 Å². The van der Waals surface area contributed by atoms with E-state index in [0.29, 0.717) is 6.61 Å². The molecular formula is C25H45N2O2+. The summed E-state index contributed by atoms with van der Waals surface area (Å²) in [6.45, 7) is 15.5. The van der Waals surface area contributed by atoms with Gasteiger partial charge in [0.25, 0.3) is 0 Å². The van der Waals surface area contributed by atoms with Crippen molar-refractivity contribution in [1.82, 2.24) is 5.32 Å². The van der Waals surface area contributed by atoms with E-state index in [-0.39, 0.29) is 12.1 Å². The summed E-state index contributed by atoms with van der Waals surface area (Å²) in [5.41, 5.74) is 1.09. The third-order valence-electron chi connectivity index (χ3n) is 5.82. The van der Waals surface area contributed by atoms with Crippen molar-refractivity contribution in [2.24, 2.45) is 0 Å². The van der Waals surface area contributed by atoms with Gasteiger partial charge < -0.3 is 14.5 Å². The Bertz CT molecular complexity index is 495. The van der Waals surface area contributed by atoms with E-state index in [2.05, 4.69) is 33.0 Å². The molecule has 4 heteroatoms. The summed E-state index contributed by atoms with van der Waals surface area (Å²) >= 11 is 0. The van der Waals surface area contributed by atoms with Crippen LogP contribution in [0.15, 0.2) is 30.3 Å². The maximum Gasteiger partial charge on any atom is 0.407 e. The number of hydrogen-bond acceptors (Lipinski definition) is 2. The van der Waals surface area contributed by atoms with Crippen molar-refractivity contribution in [1.29, 1.82) is 0 Å². The minimum atomic E-state index is -0.330. The summed E-state index contributed by atoms with van der Waals surface area (Å²) in [4.78, 5) is 10.7. The number of amides is 1. The second kappa shape index (κ2) is 15.3. The molecule has 0 aliphatic carbocycles. The Balaban J connectivity index is 0.000000304. The molecular weight excluding hydrogens is 360 g/mol. The highest BCUT2D eigenvalue weighted by Crippen LogP contribution is 2.17. The summed E-state index contributed by atoms with van der Waals surface area (Å²) in [6.07, 6.45) is 10.7. The second-order valence-corrected chi connectivity index (χ2v) is 8.36. The summed E-state index contributed by atoms with van der Waals surface area (Å²) in [7, 11) is 0. The molecule has 0 unspecified atom stereocenters. The maximum atomic E-state index is 10.7. The molecule has 1 fully saturated rings. The Morgan fingerprint density at radius 2 is 1.28 bits per heavy atom. The molecule has 29 heavy (non-hydrogen) atoms. The van der Waals surface area contributed by atoms with Gasteiger partial charge in [0.1, 0.15) is 6.61 Å². The number of unbranched alkanes of at least 4 members (excludes halogenated alkanes) is 4. The molecule has 1 aliphatic rings. The molecule has 1 atom stereocenters. The Kier molecular flexibility index (Phi) is 13.5. The van der Waals surface area contributed by atoms with Crippen molar-refractivity contribution in [2.75, 3.05) is 32.8 Å². The molecule has 1 aliphatic heterocycles. The molecule has 0 radical (unpaired) electrons. The van der Waals surface area contributed by atoms with Crippen LogP contribution in [-0.2, 0) is 4.74 Å². The largest absolute Gasteiger partial charge is 0.447 e. The number of carbonyl (C=O) groups excluding carboxylic acids is 1. The standard InChI is InChI=1S/C16H36N.C9H9NO2/c1-5-9-13-17(14-10-6-2,15-11-7-3)16-12-8-4;11-9-10-8(6-12-9)7-4-2-1-3-5-7/h5-16H2,1-4H3;1-5,8H,6H2,(H,10,11)/q+1;/t;8-/m.0/s1. The minimum absolute atomic E-state index is 0.0266. The summed E-state index contributed by atoms with van der Waals surface area (Å²) < 4.78 is 6.19. The number of nitrogens with one attached hydrogen (secondary N) is 1. The zero-order valence-electron chi connectivity index (χ0n) is 19.4. The number of benzene rings is 1. The van der Waals surface area contributed by atoms with Gasteiger partial charge in [-0.05, 0) is 31.2 Å². The van der Waals surface area contributed by atoms with Crippen LogP contribution in [0.3, 0.4) is 0 Å². The molecule has 1 heterocycles. The fourth-order valence-corrected chi connectivity index (χ4v) is 3.89.